The summed E-state index contributed by atoms with van der Waals surface area (Å²) in [7, 11) is 4.41. The van der Waals surface area contributed by atoms with Crippen LogP contribution >= 0.6 is 0 Å². The van der Waals surface area contributed by atoms with Crippen molar-refractivity contribution >= 4 is 5.97 Å². The lowest BCUT2D eigenvalue weighted by molar-refractivity contribution is -0.903. The average Bonchev–Trinajstić information content (AvgIpc) is 2.92. The van der Waals surface area contributed by atoms with Crippen LogP contribution in [0.4, 0.5) is 0 Å². The lowest BCUT2D eigenvalue weighted by atomic mass is 10.0. The normalized spacial score (nSPS) is 11.5. The third-order valence-corrected chi connectivity index (χ3v) is 7.43. The van der Waals surface area contributed by atoms with Gasteiger partial charge in [0.15, 0.2) is 0 Å². The van der Waals surface area contributed by atoms with Gasteiger partial charge in [0.1, 0.15) is 25.5 Å². The third kappa shape index (κ3) is 17.1. The second-order valence-corrected chi connectivity index (χ2v) is 11.8. The van der Waals surface area contributed by atoms with Gasteiger partial charge in [-0.15, -0.1) is 0 Å². The Balaban J connectivity index is 1.48. The fourth-order valence-electron chi connectivity index (χ4n) is 5.16. The van der Waals surface area contributed by atoms with Crippen molar-refractivity contribution in [3.05, 3.63) is 65.7 Å². The van der Waals surface area contributed by atoms with Crippen LogP contribution in [0, 0.1) is 0 Å². The molecule has 4 heteroatoms. The second-order valence-electron chi connectivity index (χ2n) is 11.8. The van der Waals surface area contributed by atoms with Crippen LogP contribution in [0.1, 0.15) is 108 Å². The van der Waals surface area contributed by atoms with Gasteiger partial charge in [-0.3, -0.25) is 4.79 Å². The molecule has 0 aromatic heterocycles. The SMILES string of the molecule is CCCCCCCCCCCCCCc1cccc(OCCOC(=O)CCC[N+](C)(C)Cc2ccccc2)c1. The number of rotatable bonds is 23. The van der Waals surface area contributed by atoms with Gasteiger partial charge in [0.2, 0.25) is 0 Å². The first-order valence-electron chi connectivity index (χ1n) is 15.7. The van der Waals surface area contributed by atoms with Crippen LogP contribution in [-0.2, 0) is 22.5 Å². The quantitative estimate of drug-likeness (QED) is 0.0805. The molecule has 0 fully saturated rings. The Morgan fingerprint density at radius 2 is 1.31 bits per heavy atom. The molecule has 0 unspecified atom stereocenters. The van der Waals surface area contributed by atoms with Crippen molar-refractivity contribution in [1.82, 2.24) is 0 Å². The standard InChI is InChI=1S/C35H56NO3/c1-4-5-6-7-8-9-10-11-12-13-14-16-21-32-24-19-25-34(30-32)38-28-29-39-35(37)26-20-27-36(2,3)31-33-22-17-15-18-23-33/h15,17-19,22-25,30H,4-14,16,20-21,26-29,31H2,1-3H3/q+1. The molecule has 0 atom stereocenters. The van der Waals surface area contributed by atoms with Gasteiger partial charge in [-0.2, -0.15) is 0 Å². The molecule has 2 rings (SSSR count). The van der Waals surface area contributed by atoms with Crippen molar-refractivity contribution in [3.8, 4) is 5.75 Å². The number of hydrogen-bond acceptors (Lipinski definition) is 3. The maximum Gasteiger partial charge on any atom is 0.306 e. The molecule has 0 amide bonds. The lowest BCUT2D eigenvalue weighted by Gasteiger charge is -2.29. The molecule has 2 aromatic carbocycles. The number of ether oxygens (including phenoxy) is 2. The van der Waals surface area contributed by atoms with Crippen LogP contribution in [0.2, 0.25) is 0 Å². The number of esters is 1. The Kier molecular flexibility index (Phi) is 17.3. The number of quaternary nitrogens is 1. The highest BCUT2D eigenvalue weighted by atomic mass is 16.6. The number of aryl methyl sites for hydroxylation is 1. The Labute approximate surface area is 239 Å². The Morgan fingerprint density at radius 1 is 0.692 bits per heavy atom. The second kappa shape index (κ2) is 20.6. The summed E-state index contributed by atoms with van der Waals surface area (Å²) in [5.74, 6) is 0.724. The van der Waals surface area contributed by atoms with Crippen LogP contribution in [0.3, 0.4) is 0 Å². The van der Waals surface area contributed by atoms with E-state index >= 15 is 0 Å². The van der Waals surface area contributed by atoms with E-state index in [1.165, 1.54) is 88.2 Å². The molecular formula is C35H56NO3+. The minimum absolute atomic E-state index is 0.140. The van der Waals surface area contributed by atoms with Crippen molar-refractivity contribution < 1.29 is 18.8 Å². The monoisotopic (exact) mass is 538 g/mol. The highest BCUT2D eigenvalue weighted by molar-refractivity contribution is 5.69. The first kappa shape index (κ1) is 32.9. The van der Waals surface area contributed by atoms with E-state index in [1.807, 2.05) is 12.1 Å². The van der Waals surface area contributed by atoms with Crippen LogP contribution in [0.25, 0.3) is 0 Å². The van der Waals surface area contributed by atoms with Gasteiger partial charge in [0.25, 0.3) is 0 Å². The molecule has 0 saturated carbocycles. The molecule has 2 aromatic rings. The van der Waals surface area contributed by atoms with Gasteiger partial charge >= 0.3 is 5.97 Å². The number of unbranched alkanes of at least 4 members (excludes halogenated alkanes) is 11. The number of carbonyl (C=O) groups is 1. The van der Waals surface area contributed by atoms with Gasteiger partial charge < -0.3 is 14.0 Å². The van der Waals surface area contributed by atoms with Gasteiger partial charge in [-0.05, 0) is 30.5 Å². The molecule has 39 heavy (non-hydrogen) atoms. The minimum atomic E-state index is -0.140. The highest BCUT2D eigenvalue weighted by Gasteiger charge is 2.16. The molecule has 4 nitrogen and oxygen atoms in total. The maximum absolute atomic E-state index is 12.2. The number of hydrogen-bond donors (Lipinski definition) is 0. The van der Waals surface area contributed by atoms with E-state index in [-0.39, 0.29) is 5.97 Å². The number of nitrogens with zero attached hydrogens (tertiary/aromatic N) is 1. The summed E-state index contributed by atoms with van der Waals surface area (Å²) in [4.78, 5) is 12.2. The fourth-order valence-corrected chi connectivity index (χ4v) is 5.16. The summed E-state index contributed by atoms with van der Waals surface area (Å²) >= 11 is 0. The summed E-state index contributed by atoms with van der Waals surface area (Å²) in [6.45, 7) is 4.87. The topological polar surface area (TPSA) is 35.5 Å². The van der Waals surface area contributed by atoms with Crippen LogP contribution < -0.4 is 4.74 Å². The molecule has 0 N–H and O–H groups in total. The Bertz CT molecular complexity index is 880. The van der Waals surface area contributed by atoms with Gasteiger partial charge in [0, 0.05) is 12.0 Å². The van der Waals surface area contributed by atoms with E-state index in [1.54, 1.807) is 0 Å². The number of benzene rings is 2. The zero-order valence-electron chi connectivity index (χ0n) is 25.3. The zero-order valence-corrected chi connectivity index (χ0v) is 25.3. The minimum Gasteiger partial charge on any atom is -0.490 e. The van der Waals surface area contributed by atoms with Gasteiger partial charge in [-0.25, -0.2) is 0 Å². The molecule has 0 bridgehead atoms. The predicted octanol–water partition coefficient (Wildman–Crippen LogP) is 8.91. The maximum atomic E-state index is 12.2. The predicted molar refractivity (Wildman–Crippen MR) is 164 cm³/mol. The summed E-state index contributed by atoms with van der Waals surface area (Å²) in [6, 6.07) is 18.9. The molecule has 0 aliphatic rings. The molecule has 0 spiro atoms. The molecular weight excluding hydrogens is 482 g/mol. The summed E-state index contributed by atoms with van der Waals surface area (Å²) in [5, 5.41) is 0. The highest BCUT2D eigenvalue weighted by Crippen LogP contribution is 2.17. The van der Waals surface area contributed by atoms with E-state index in [0.717, 1.165) is 36.2 Å². The first-order chi connectivity index (χ1) is 19.0. The fraction of sp³-hybridized carbons (Fsp3) is 0.629. The van der Waals surface area contributed by atoms with E-state index in [4.69, 9.17) is 9.47 Å². The average molecular weight is 539 g/mol. The van der Waals surface area contributed by atoms with Gasteiger partial charge in [-0.1, -0.05) is 120 Å². The molecule has 0 aliphatic heterocycles. The van der Waals surface area contributed by atoms with E-state index < -0.39 is 0 Å². The smallest absolute Gasteiger partial charge is 0.306 e. The third-order valence-electron chi connectivity index (χ3n) is 7.43. The largest absolute Gasteiger partial charge is 0.490 e. The molecule has 218 valence electrons. The van der Waals surface area contributed by atoms with E-state index in [0.29, 0.717) is 19.6 Å². The summed E-state index contributed by atoms with van der Waals surface area (Å²) in [6.07, 6.45) is 18.9. The van der Waals surface area contributed by atoms with Crippen molar-refractivity contribution in [1.29, 1.82) is 0 Å². The summed E-state index contributed by atoms with van der Waals surface area (Å²) < 4.78 is 12.1. The van der Waals surface area contributed by atoms with Crippen molar-refractivity contribution in [2.24, 2.45) is 0 Å². The van der Waals surface area contributed by atoms with Crippen molar-refractivity contribution in [3.63, 3.8) is 0 Å². The molecule has 0 aliphatic carbocycles. The van der Waals surface area contributed by atoms with Crippen molar-refractivity contribution in [2.45, 2.75) is 110 Å². The summed E-state index contributed by atoms with van der Waals surface area (Å²) in [5.41, 5.74) is 2.65. The number of carbonyl (C=O) groups excluding carboxylic acids is 1. The lowest BCUT2D eigenvalue weighted by Crippen LogP contribution is -2.39. The van der Waals surface area contributed by atoms with Crippen molar-refractivity contribution in [2.75, 3.05) is 33.9 Å². The Morgan fingerprint density at radius 3 is 1.97 bits per heavy atom. The van der Waals surface area contributed by atoms with Crippen LogP contribution in [0.15, 0.2) is 54.6 Å². The van der Waals surface area contributed by atoms with Crippen LogP contribution in [0.5, 0.6) is 5.75 Å². The zero-order chi connectivity index (χ0) is 28.0. The van der Waals surface area contributed by atoms with Crippen LogP contribution in [-0.4, -0.2) is 44.3 Å². The first-order valence-corrected chi connectivity index (χ1v) is 15.7. The molecule has 0 saturated heterocycles. The molecule has 0 radical (unpaired) electrons. The van der Waals surface area contributed by atoms with E-state index in [9.17, 15) is 4.79 Å². The van der Waals surface area contributed by atoms with E-state index in [2.05, 4.69) is 63.5 Å². The Hall–Kier alpha value is -2.33. The molecule has 0 heterocycles. The van der Waals surface area contributed by atoms with Gasteiger partial charge in [0.05, 0.1) is 27.1 Å².